The van der Waals surface area contributed by atoms with Gasteiger partial charge in [0.2, 0.25) is 0 Å². The normalized spacial score (nSPS) is 23.9. The summed E-state index contributed by atoms with van der Waals surface area (Å²) in [6, 6.07) is 8.20. The number of β-amino-alcohol motifs (C(OH)–C–C–N with tert-alkyl or cyclic N) is 1. The summed E-state index contributed by atoms with van der Waals surface area (Å²) in [6.07, 6.45) is 4.74. The van der Waals surface area contributed by atoms with Gasteiger partial charge in [-0.25, -0.2) is 0 Å². The highest BCUT2D eigenvalue weighted by Gasteiger charge is 2.25. The van der Waals surface area contributed by atoms with Crippen LogP contribution in [0.2, 0.25) is 0 Å². The van der Waals surface area contributed by atoms with Crippen LogP contribution in [0.5, 0.6) is 0 Å². The lowest BCUT2D eigenvalue weighted by molar-refractivity contribution is 0.0259. The number of likely N-dealkylation sites (tertiary alicyclic amines) is 1. The Bertz CT molecular complexity index is 655. The maximum Gasteiger partial charge on any atom is 0.102 e. The molecule has 20 heavy (non-hydrogen) atoms. The molecule has 104 valence electrons. The monoisotopic (exact) mass is 269 g/mol. The third-order valence-corrected chi connectivity index (χ3v) is 4.27. The summed E-state index contributed by atoms with van der Waals surface area (Å²) in [4.78, 5) is 2.24. The van der Waals surface area contributed by atoms with E-state index in [2.05, 4.69) is 17.9 Å². The minimum atomic E-state index is -0.258. The van der Waals surface area contributed by atoms with E-state index in [1.165, 1.54) is 0 Å². The predicted octanol–water partition coefficient (Wildman–Crippen LogP) is 2.01. The topological polar surface area (TPSA) is 51.7 Å². The standard InChI is InChI=1S/C16H19N3O/c1-12-5-7-18(11-16(12)20)9-13-10-19-6-3-2-4-15(19)14(13)8-17/h2-4,6,10,12,16,20H,5,7,9,11H2,1H3. The first-order chi connectivity index (χ1) is 9.69. The van der Waals surface area contributed by atoms with Crippen molar-refractivity contribution in [1.82, 2.24) is 9.30 Å². The van der Waals surface area contributed by atoms with Crippen LogP contribution in [0, 0.1) is 17.2 Å². The Morgan fingerprint density at radius 1 is 1.45 bits per heavy atom. The van der Waals surface area contributed by atoms with Crippen LogP contribution in [0.3, 0.4) is 0 Å². The van der Waals surface area contributed by atoms with E-state index in [0.717, 1.165) is 36.2 Å². The van der Waals surface area contributed by atoms with Crippen LogP contribution < -0.4 is 0 Å². The number of fused-ring (bicyclic) bond motifs is 1. The Morgan fingerprint density at radius 2 is 2.30 bits per heavy atom. The fourth-order valence-corrected chi connectivity index (χ4v) is 2.93. The number of nitrogens with zero attached hydrogens (tertiary/aromatic N) is 3. The molecule has 1 aliphatic rings. The van der Waals surface area contributed by atoms with Gasteiger partial charge in [-0.3, -0.25) is 4.90 Å². The highest BCUT2D eigenvalue weighted by Crippen LogP contribution is 2.23. The number of piperidine rings is 1. The molecule has 4 nitrogen and oxygen atoms in total. The first kappa shape index (κ1) is 13.2. The number of nitriles is 1. The molecule has 2 atom stereocenters. The Kier molecular flexibility index (Phi) is 3.47. The highest BCUT2D eigenvalue weighted by atomic mass is 16.3. The van der Waals surface area contributed by atoms with Crippen molar-refractivity contribution in [3.05, 3.63) is 41.7 Å². The minimum absolute atomic E-state index is 0.258. The molecule has 4 heteroatoms. The Hall–Kier alpha value is -1.83. The van der Waals surface area contributed by atoms with Crippen molar-refractivity contribution in [2.75, 3.05) is 13.1 Å². The van der Waals surface area contributed by atoms with Gasteiger partial charge in [0.15, 0.2) is 0 Å². The van der Waals surface area contributed by atoms with Gasteiger partial charge >= 0.3 is 0 Å². The van der Waals surface area contributed by atoms with Crippen molar-refractivity contribution >= 4 is 5.52 Å². The number of aliphatic hydroxyl groups is 1. The van der Waals surface area contributed by atoms with Gasteiger partial charge in [0.1, 0.15) is 6.07 Å². The van der Waals surface area contributed by atoms with Gasteiger partial charge in [-0.05, 0) is 31.0 Å². The molecule has 0 saturated carbocycles. The lowest BCUT2D eigenvalue weighted by Crippen LogP contribution is -2.42. The van der Waals surface area contributed by atoms with Crippen molar-refractivity contribution in [1.29, 1.82) is 5.26 Å². The minimum Gasteiger partial charge on any atom is -0.392 e. The fraction of sp³-hybridized carbons (Fsp3) is 0.438. The first-order valence-corrected chi connectivity index (χ1v) is 7.08. The molecule has 1 saturated heterocycles. The van der Waals surface area contributed by atoms with E-state index < -0.39 is 0 Å². The molecule has 3 heterocycles. The number of pyridine rings is 1. The van der Waals surface area contributed by atoms with Crippen LogP contribution in [0.4, 0.5) is 0 Å². The van der Waals surface area contributed by atoms with Gasteiger partial charge in [-0.2, -0.15) is 5.26 Å². The Morgan fingerprint density at radius 3 is 3.05 bits per heavy atom. The molecule has 0 aliphatic carbocycles. The summed E-state index contributed by atoms with van der Waals surface area (Å²) in [6.45, 7) is 4.50. The predicted molar refractivity (Wildman–Crippen MR) is 77.2 cm³/mol. The van der Waals surface area contributed by atoms with Gasteiger partial charge in [0, 0.05) is 31.0 Å². The highest BCUT2D eigenvalue weighted by molar-refractivity contribution is 5.65. The zero-order chi connectivity index (χ0) is 14.1. The molecule has 1 N–H and O–H groups in total. The second-order valence-electron chi connectivity index (χ2n) is 5.70. The van der Waals surface area contributed by atoms with E-state index in [1.54, 1.807) is 0 Å². The fourth-order valence-electron chi connectivity index (χ4n) is 2.93. The average molecular weight is 269 g/mol. The molecule has 2 unspecified atom stereocenters. The molecule has 3 rings (SSSR count). The van der Waals surface area contributed by atoms with E-state index in [0.29, 0.717) is 12.5 Å². The van der Waals surface area contributed by atoms with E-state index >= 15 is 0 Å². The molecular weight excluding hydrogens is 250 g/mol. The number of aliphatic hydroxyl groups excluding tert-OH is 1. The maximum absolute atomic E-state index is 9.98. The van der Waals surface area contributed by atoms with Crippen molar-refractivity contribution in [3.8, 4) is 6.07 Å². The molecule has 2 aromatic rings. The van der Waals surface area contributed by atoms with Crippen LogP contribution in [0.1, 0.15) is 24.5 Å². The second-order valence-corrected chi connectivity index (χ2v) is 5.70. The van der Waals surface area contributed by atoms with Crippen molar-refractivity contribution in [2.24, 2.45) is 5.92 Å². The van der Waals surface area contributed by atoms with E-state index in [-0.39, 0.29) is 6.10 Å². The summed E-state index contributed by atoms with van der Waals surface area (Å²) >= 11 is 0. The average Bonchev–Trinajstić information content (AvgIpc) is 2.80. The lowest BCUT2D eigenvalue weighted by atomic mass is 9.95. The van der Waals surface area contributed by atoms with Gasteiger partial charge in [0.25, 0.3) is 0 Å². The van der Waals surface area contributed by atoms with Crippen LogP contribution >= 0.6 is 0 Å². The number of rotatable bonds is 2. The molecule has 1 aliphatic heterocycles. The SMILES string of the molecule is CC1CCN(Cc2cn3ccccc3c2C#N)CC1O. The molecule has 0 amide bonds. The smallest absolute Gasteiger partial charge is 0.102 e. The van der Waals surface area contributed by atoms with Crippen LogP contribution in [-0.4, -0.2) is 33.6 Å². The van der Waals surface area contributed by atoms with Crippen LogP contribution in [0.25, 0.3) is 5.52 Å². The Labute approximate surface area is 118 Å². The van der Waals surface area contributed by atoms with Gasteiger partial charge in [-0.15, -0.1) is 0 Å². The summed E-state index contributed by atoms with van der Waals surface area (Å²) in [7, 11) is 0. The Balaban J connectivity index is 1.86. The number of hydrogen-bond donors (Lipinski definition) is 1. The largest absolute Gasteiger partial charge is 0.392 e. The second kappa shape index (κ2) is 5.28. The summed E-state index contributed by atoms with van der Waals surface area (Å²) < 4.78 is 2.00. The van der Waals surface area contributed by atoms with Gasteiger partial charge in [-0.1, -0.05) is 13.0 Å². The number of aromatic nitrogens is 1. The molecular formula is C16H19N3O. The summed E-state index contributed by atoms with van der Waals surface area (Å²) in [5.41, 5.74) is 2.75. The van der Waals surface area contributed by atoms with Crippen molar-refractivity contribution in [3.63, 3.8) is 0 Å². The number of hydrogen-bond acceptors (Lipinski definition) is 3. The van der Waals surface area contributed by atoms with Crippen LogP contribution in [0.15, 0.2) is 30.6 Å². The van der Waals surface area contributed by atoms with Crippen LogP contribution in [-0.2, 0) is 6.54 Å². The van der Waals surface area contributed by atoms with E-state index in [4.69, 9.17) is 0 Å². The quantitative estimate of drug-likeness (QED) is 0.907. The maximum atomic E-state index is 9.98. The summed E-state index contributed by atoms with van der Waals surface area (Å²) in [5.74, 6) is 0.370. The zero-order valence-electron chi connectivity index (χ0n) is 11.7. The lowest BCUT2D eigenvalue weighted by Gasteiger charge is -2.34. The summed E-state index contributed by atoms with van der Waals surface area (Å²) in [5, 5.41) is 19.4. The van der Waals surface area contributed by atoms with E-state index in [1.807, 2.05) is 35.0 Å². The molecule has 0 radical (unpaired) electrons. The van der Waals surface area contributed by atoms with Crippen molar-refractivity contribution in [2.45, 2.75) is 26.0 Å². The molecule has 0 bridgehead atoms. The van der Waals surface area contributed by atoms with Gasteiger partial charge in [0.05, 0.1) is 17.2 Å². The molecule has 2 aromatic heterocycles. The van der Waals surface area contributed by atoms with Crippen molar-refractivity contribution < 1.29 is 5.11 Å². The van der Waals surface area contributed by atoms with Gasteiger partial charge < -0.3 is 9.51 Å². The molecule has 1 fully saturated rings. The molecule has 0 aromatic carbocycles. The zero-order valence-corrected chi connectivity index (χ0v) is 11.7. The molecule has 0 spiro atoms. The third kappa shape index (κ3) is 2.31. The third-order valence-electron chi connectivity index (χ3n) is 4.27. The van der Waals surface area contributed by atoms with E-state index in [9.17, 15) is 10.4 Å². The first-order valence-electron chi connectivity index (χ1n) is 7.08.